The highest BCUT2D eigenvalue weighted by Crippen LogP contribution is 2.23. The van der Waals surface area contributed by atoms with Gasteiger partial charge in [-0.15, -0.1) is 0 Å². The van der Waals surface area contributed by atoms with Gasteiger partial charge in [-0.2, -0.15) is 0 Å². The van der Waals surface area contributed by atoms with Gasteiger partial charge in [0.25, 0.3) is 5.91 Å². The van der Waals surface area contributed by atoms with Crippen LogP contribution in [0.2, 0.25) is 0 Å². The van der Waals surface area contributed by atoms with Crippen LogP contribution in [0.25, 0.3) is 10.9 Å². The number of aryl methyl sites for hydroxylation is 1. The summed E-state index contributed by atoms with van der Waals surface area (Å²) < 4.78 is 1.98. The van der Waals surface area contributed by atoms with Crippen LogP contribution < -0.4 is 11.3 Å². The normalized spacial score (nSPS) is 12.7. The molecule has 1 amide bonds. The summed E-state index contributed by atoms with van der Waals surface area (Å²) in [6.45, 7) is 3.82. The highest BCUT2D eigenvalue weighted by molar-refractivity contribution is 5.86. The van der Waals surface area contributed by atoms with Crippen LogP contribution in [0.15, 0.2) is 30.3 Å². The molecule has 16 heavy (non-hydrogen) atoms. The second-order valence-electron chi connectivity index (χ2n) is 3.90. The number of hydrogen-bond donors (Lipinski definition) is 2. The van der Waals surface area contributed by atoms with Gasteiger partial charge in [-0.1, -0.05) is 18.2 Å². The van der Waals surface area contributed by atoms with E-state index in [9.17, 15) is 4.79 Å². The van der Waals surface area contributed by atoms with E-state index in [0.29, 0.717) is 0 Å². The van der Waals surface area contributed by atoms with E-state index in [1.54, 1.807) is 0 Å². The summed E-state index contributed by atoms with van der Waals surface area (Å²) in [7, 11) is 0. The smallest absolute Gasteiger partial charge is 0.256 e. The van der Waals surface area contributed by atoms with Crippen molar-refractivity contribution in [1.82, 2.24) is 9.99 Å². The minimum Gasteiger partial charge on any atom is -0.333 e. The predicted octanol–water partition coefficient (Wildman–Crippen LogP) is 1.50. The average molecular weight is 217 g/mol. The number of rotatable bonds is 2. The first kappa shape index (κ1) is 10.7. The van der Waals surface area contributed by atoms with Crippen molar-refractivity contribution in [3.63, 3.8) is 0 Å². The quantitative estimate of drug-likeness (QED) is 0.455. The highest BCUT2D eigenvalue weighted by Gasteiger charge is 2.17. The van der Waals surface area contributed by atoms with Crippen LogP contribution in [0.1, 0.15) is 18.7 Å². The maximum atomic E-state index is 11.5. The lowest BCUT2D eigenvalue weighted by molar-refractivity contribution is -0.123. The van der Waals surface area contributed by atoms with Crippen molar-refractivity contribution in [2.75, 3.05) is 0 Å². The molecule has 1 unspecified atom stereocenters. The summed E-state index contributed by atoms with van der Waals surface area (Å²) in [5.74, 6) is 4.97. The van der Waals surface area contributed by atoms with Gasteiger partial charge in [0.15, 0.2) is 0 Å². The molecule has 1 atom stereocenters. The van der Waals surface area contributed by atoms with Gasteiger partial charge in [0, 0.05) is 11.2 Å². The van der Waals surface area contributed by atoms with Crippen LogP contribution in [0.5, 0.6) is 0 Å². The van der Waals surface area contributed by atoms with Crippen LogP contribution in [0.3, 0.4) is 0 Å². The highest BCUT2D eigenvalue weighted by atomic mass is 16.2. The Balaban J connectivity index is 2.59. The molecule has 0 fully saturated rings. The Kier molecular flexibility index (Phi) is 2.66. The number of nitrogens with two attached hydrogens (primary N) is 1. The van der Waals surface area contributed by atoms with Crippen LogP contribution in [-0.2, 0) is 4.79 Å². The van der Waals surface area contributed by atoms with E-state index in [-0.39, 0.29) is 11.9 Å². The molecule has 84 valence electrons. The number of nitrogens with zero attached hydrogens (tertiary/aromatic N) is 1. The summed E-state index contributed by atoms with van der Waals surface area (Å²) in [6, 6.07) is 9.75. The third kappa shape index (κ3) is 1.57. The first-order valence-electron chi connectivity index (χ1n) is 5.22. The average Bonchev–Trinajstić information content (AvgIpc) is 2.63. The molecule has 0 spiro atoms. The molecular formula is C12H15N3O. The Labute approximate surface area is 94.0 Å². The molecule has 0 aliphatic carbocycles. The number of carbonyl (C=O) groups is 1. The number of para-hydroxylation sites is 1. The molecule has 3 N–H and O–H groups in total. The topological polar surface area (TPSA) is 60.0 Å². The van der Waals surface area contributed by atoms with E-state index >= 15 is 0 Å². The molecule has 1 heterocycles. The SMILES string of the molecule is Cc1cc2ccccc2n1C(C)C(=O)NN. The van der Waals surface area contributed by atoms with Crippen molar-refractivity contribution in [3.8, 4) is 0 Å². The first-order chi connectivity index (χ1) is 7.65. The second-order valence-corrected chi connectivity index (χ2v) is 3.90. The molecule has 0 aliphatic rings. The lowest BCUT2D eigenvalue weighted by atomic mass is 10.2. The van der Waals surface area contributed by atoms with Crippen molar-refractivity contribution >= 4 is 16.8 Å². The molecule has 0 aliphatic heterocycles. The fourth-order valence-electron chi connectivity index (χ4n) is 2.07. The van der Waals surface area contributed by atoms with Crippen LogP contribution >= 0.6 is 0 Å². The van der Waals surface area contributed by atoms with E-state index in [1.165, 1.54) is 0 Å². The lowest BCUT2D eigenvalue weighted by Gasteiger charge is -2.15. The Hall–Kier alpha value is -1.81. The summed E-state index contributed by atoms with van der Waals surface area (Å²) in [4.78, 5) is 11.5. The zero-order chi connectivity index (χ0) is 11.7. The van der Waals surface area contributed by atoms with Crippen LogP contribution in [-0.4, -0.2) is 10.5 Å². The monoisotopic (exact) mass is 217 g/mol. The number of fused-ring (bicyclic) bond motifs is 1. The van der Waals surface area contributed by atoms with Gasteiger partial charge in [0.2, 0.25) is 0 Å². The van der Waals surface area contributed by atoms with E-state index in [4.69, 9.17) is 5.84 Å². The number of aromatic nitrogens is 1. The zero-order valence-corrected chi connectivity index (χ0v) is 9.40. The Morgan fingerprint density at radius 1 is 1.44 bits per heavy atom. The number of nitrogens with one attached hydrogen (secondary N) is 1. The maximum absolute atomic E-state index is 11.5. The fourth-order valence-corrected chi connectivity index (χ4v) is 2.07. The zero-order valence-electron chi connectivity index (χ0n) is 9.40. The van der Waals surface area contributed by atoms with E-state index in [2.05, 4.69) is 11.5 Å². The molecule has 4 nitrogen and oxygen atoms in total. The molecular weight excluding hydrogens is 202 g/mol. The van der Waals surface area contributed by atoms with Gasteiger partial charge in [-0.05, 0) is 31.4 Å². The van der Waals surface area contributed by atoms with Crippen LogP contribution in [0, 0.1) is 6.92 Å². The van der Waals surface area contributed by atoms with Crippen molar-refractivity contribution in [2.24, 2.45) is 5.84 Å². The Bertz CT molecular complexity index is 530. The molecule has 2 aromatic rings. The summed E-state index contributed by atoms with van der Waals surface area (Å²) in [5.41, 5.74) is 4.29. The molecule has 0 bridgehead atoms. The van der Waals surface area contributed by atoms with Crippen LogP contribution in [0.4, 0.5) is 0 Å². The molecule has 2 rings (SSSR count). The van der Waals surface area contributed by atoms with Crippen molar-refractivity contribution in [1.29, 1.82) is 0 Å². The summed E-state index contributed by atoms with van der Waals surface area (Å²) in [6.07, 6.45) is 0. The van der Waals surface area contributed by atoms with Gasteiger partial charge < -0.3 is 4.57 Å². The van der Waals surface area contributed by atoms with E-state index in [1.807, 2.05) is 42.7 Å². The summed E-state index contributed by atoms with van der Waals surface area (Å²) in [5, 5.41) is 1.14. The maximum Gasteiger partial charge on any atom is 0.256 e. The minimum atomic E-state index is -0.301. The number of hydrogen-bond acceptors (Lipinski definition) is 2. The molecule has 0 saturated carbocycles. The third-order valence-corrected chi connectivity index (χ3v) is 2.85. The van der Waals surface area contributed by atoms with Crippen molar-refractivity contribution < 1.29 is 4.79 Å². The van der Waals surface area contributed by atoms with Gasteiger partial charge in [0.05, 0.1) is 0 Å². The number of hydrazine groups is 1. The second kappa shape index (κ2) is 3.98. The standard InChI is InChI=1S/C12H15N3O/c1-8-7-10-5-3-4-6-11(10)15(8)9(2)12(16)14-13/h3-7,9H,13H2,1-2H3,(H,14,16). The largest absolute Gasteiger partial charge is 0.333 e. The number of amides is 1. The minimum absolute atomic E-state index is 0.190. The van der Waals surface area contributed by atoms with E-state index < -0.39 is 0 Å². The van der Waals surface area contributed by atoms with Gasteiger partial charge in [0.1, 0.15) is 6.04 Å². The molecule has 1 aromatic carbocycles. The third-order valence-electron chi connectivity index (χ3n) is 2.85. The molecule has 0 saturated heterocycles. The number of benzene rings is 1. The van der Waals surface area contributed by atoms with Crippen molar-refractivity contribution in [2.45, 2.75) is 19.9 Å². The Morgan fingerprint density at radius 3 is 2.81 bits per heavy atom. The first-order valence-corrected chi connectivity index (χ1v) is 5.22. The van der Waals surface area contributed by atoms with Gasteiger partial charge >= 0.3 is 0 Å². The molecule has 4 heteroatoms. The van der Waals surface area contributed by atoms with E-state index in [0.717, 1.165) is 16.6 Å². The number of carbonyl (C=O) groups excluding carboxylic acids is 1. The fraction of sp³-hybridized carbons (Fsp3) is 0.250. The van der Waals surface area contributed by atoms with Crippen molar-refractivity contribution in [3.05, 3.63) is 36.0 Å². The van der Waals surface area contributed by atoms with Gasteiger partial charge in [-0.25, -0.2) is 5.84 Å². The Morgan fingerprint density at radius 2 is 2.12 bits per heavy atom. The van der Waals surface area contributed by atoms with Gasteiger partial charge in [-0.3, -0.25) is 10.2 Å². The molecule has 1 aromatic heterocycles. The summed E-state index contributed by atoms with van der Waals surface area (Å²) >= 11 is 0. The lowest BCUT2D eigenvalue weighted by Crippen LogP contribution is -2.36. The molecule has 0 radical (unpaired) electrons. The predicted molar refractivity (Wildman–Crippen MR) is 63.7 cm³/mol.